The van der Waals surface area contributed by atoms with Crippen LogP contribution < -0.4 is 4.52 Å². The van der Waals surface area contributed by atoms with Gasteiger partial charge in [0.15, 0.2) is 0 Å². The Morgan fingerprint density at radius 2 is 1.32 bits per heavy atom. The third-order valence-corrected chi connectivity index (χ3v) is 10.7. The normalized spacial score (nSPS) is 14.0. The second-order valence-corrected chi connectivity index (χ2v) is 17.2. The molecule has 0 aliphatic rings. The van der Waals surface area contributed by atoms with E-state index in [0.717, 1.165) is 5.56 Å². The highest BCUT2D eigenvalue weighted by atomic mass is 31.2. The summed E-state index contributed by atoms with van der Waals surface area (Å²) in [4.78, 5) is 12.2. The van der Waals surface area contributed by atoms with Crippen molar-refractivity contribution >= 4 is 28.2 Å². The van der Waals surface area contributed by atoms with E-state index in [-0.39, 0.29) is 11.0 Å². The van der Waals surface area contributed by atoms with Crippen molar-refractivity contribution in [2.75, 3.05) is 0 Å². The van der Waals surface area contributed by atoms with Gasteiger partial charge in [0.1, 0.15) is 5.75 Å². The van der Waals surface area contributed by atoms with Crippen LogP contribution in [0.15, 0.2) is 30.3 Å². The molecule has 0 aromatic heterocycles. The summed E-state index contributed by atoms with van der Waals surface area (Å²) in [5.41, 5.74) is -0.648. The van der Waals surface area contributed by atoms with Crippen molar-refractivity contribution in [1.29, 1.82) is 0 Å². The molecule has 0 heterocycles. The lowest BCUT2D eigenvalue weighted by atomic mass is 10.2. The molecule has 0 aliphatic carbocycles. The third kappa shape index (κ3) is 10.2. The van der Waals surface area contributed by atoms with Crippen LogP contribution in [0.25, 0.3) is 6.08 Å². The summed E-state index contributed by atoms with van der Waals surface area (Å²) in [5.74, 6) is -0.00796. The van der Waals surface area contributed by atoms with E-state index in [1.54, 1.807) is 71.9 Å². The molecule has 0 unspecified atom stereocenters. The number of phosphoric acid groups is 1. The van der Waals surface area contributed by atoms with E-state index < -0.39 is 27.3 Å². The fraction of sp³-hybridized carbons (Fsp3) is 0.609. The van der Waals surface area contributed by atoms with E-state index in [4.69, 9.17) is 18.0 Å². The summed E-state index contributed by atoms with van der Waals surface area (Å²) in [6.07, 6.45) is 3.10. The molecule has 0 atom stereocenters. The van der Waals surface area contributed by atoms with Gasteiger partial charge in [-0.3, -0.25) is 9.05 Å². The van der Waals surface area contributed by atoms with Crippen LogP contribution in [0.5, 0.6) is 5.75 Å². The zero-order chi connectivity index (χ0) is 24.3. The number of rotatable bonds is 7. The second kappa shape index (κ2) is 9.61. The quantitative estimate of drug-likeness (QED) is 0.235. The van der Waals surface area contributed by atoms with E-state index >= 15 is 0 Å². The number of hydrogen-bond donors (Lipinski definition) is 0. The molecule has 0 N–H and O–H groups in total. The van der Waals surface area contributed by atoms with Gasteiger partial charge in [-0.15, -0.1) is 0 Å². The first-order valence-electron chi connectivity index (χ1n) is 10.4. The van der Waals surface area contributed by atoms with Crippen molar-refractivity contribution < 1.29 is 27.4 Å². The average molecular weight is 471 g/mol. The smallest absolute Gasteiger partial charge is 0.516 e. The zero-order valence-corrected chi connectivity index (χ0v) is 22.8. The Bertz CT molecular complexity index is 804. The first-order valence-corrected chi connectivity index (χ1v) is 14.8. The molecular formula is C23H39O6PSi. The molecule has 8 heteroatoms. The molecule has 6 nitrogen and oxygen atoms in total. The Morgan fingerprint density at radius 1 is 0.871 bits per heavy atom. The highest BCUT2D eigenvalue weighted by molar-refractivity contribution is 7.49. The monoisotopic (exact) mass is 470 g/mol. The molecule has 1 aromatic carbocycles. The fourth-order valence-electron chi connectivity index (χ4n) is 2.10. The highest BCUT2D eigenvalue weighted by Crippen LogP contribution is 2.55. The molecule has 0 spiro atoms. The summed E-state index contributed by atoms with van der Waals surface area (Å²) < 4.78 is 35.8. The summed E-state index contributed by atoms with van der Waals surface area (Å²) in [5, 5.41) is -0.0479. The maximum absolute atomic E-state index is 13.2. The van der Waals surface area contributed by atoms with Gasteiger partial charge >= 0.3 is 13.8 Å². The number of benzene rings is 1. The molecule has 176 valence electrons. The Balaban J connectivity index is 2.91. The Hall–Kier alpha value is -1.40. The Kier molecular flexibility index (Phi) is 8.57. The van der Waals surface area contributed by atoms with E-state index in [9.17, 15) is 9.36 Å². The van der Waals surface area contributed by atoms with Gasteiger partial charge in [-0.05, 0) is 83.4 Å². The summed E-state index contributed by atoms with van der Waals surface area (Å²) >= 11 is 0. The molecule has 0 aliphatic heterocycles. The minimum absolute atomic E-state index is 0.0479. The van der Waals surface area contributed by atoms with Crippen LogP contribution in [-0.4, -0.2) is 25.5 Å². The number of carbonyl (C=O) groups is 1. The van der Waals surface area contributed by atoms with Crippen LogP contribution in [0.1, 0.15) is 67.9 Å². The van der Waals surface area contributed by atoms with E-state index in [1.807, 2.05) is 13.1 Å². The maximum Gasteiger partial charge on any atom is 0.531 e. The van der Waals surface area contributed by atoms with Crippen molar-refractivity contribution in [2.45, 2.75) is 91.6 Å². The van der Waals surface area contributed by atoms with Crippen LogP contribution in [0.3, 0.4) is 0 Å². The third-order valence-electron chi connectivity index (χ3n) is 4.44. The van der Waals surface area contributed by atoms with Gasteiger partial charge in [0, 0.05) is 6.08 Å². The van der Waals surface area contributed by atoms with E-state index in [2.05, 4.69) is 20.8 Å². The lowest BCUT2D eigenvalue weighted by Crippen LogP contribution is -2.42. The van der Waals surface area contributed by atoms with Gasteiger partial charge in [0.2, 0.25) is 0 Å². The second-order valence-electron chi connectivity index (χ2n) is 11.0. The standard InChI is InChI=1S/C23H39O6PSi/c1-21(2,3)28-30(25,29-22(4,5)6)26-19-15-12-18(13-16-19)14-17-20(24)27-31(10,11)23(7,8)9/h12-17H,1-11H3/b17-14+. The zero-order valence-electron chi connectivity index (χ0n) is 20.9. The van der Waals surface area contributed by atoms with Crippen LogP contribution in [0, 0.1) is 0 Å². The largest absolute Gasteiger partial charge is 0.531 e. The highest BCUT2D eigenvalue weighted by Gasteiger charge is 2.40. The molecule has 0 radical (unpaired) electrons. The first-order chi connectivity index (χ1) is 13.7. The van der Waals surface area contributed by atoms with Crippen molar-refractivity contribution in [3.8, 4) is 5.75 Å². The van der Waals surface area contributed by atoms with E-state index in [1.165, 1.54) is 6.08 Å². The maximum atomic E-state index is 13.2. The topological polar surface area (TPSA) is 71.1 Å². The van der Waals surface area contributed by atoms with Gasteiger partial charge in [-0.1, -0.05) is 32.9 Å². The molecule has 0 amide bonds. The van der Waals surface area contributed by atoms with Crippen molar-refractivity contribution in [1.82, 2.24) is 0 Å². The van der Waals surface area contributed by atoms with Crippen LogP contribution in [0.4, 0.5) is 0 Å². The molecular weight excluding hydrogens is 431 g/mol. The van der Waals surface area contributed by atoms with Gasteiger partial charge in [-0.25, -0.2) is 9.36 Å². The Labute approximate surface area is 189 Å². The van der Waals surface area contributed by atoms with Crippen LogP contribution in [0.2, 0.25) is 18.1 Å². The SMILES string of the molecule is CC(C)(C)OP(=O)(Oc1ccc(/C=C/C(=O)O[Si](C)(C)C(C)(C)C)cc1)OC(C)(C)C. The minimum atomic E-state index is -3.86. The number of hydrogen-bond acceptors (Lipinski definition) is 6. The van der Waals surface area contributed by atoms with Crippen molar-refractivity contribution in [3.63, 3.8) is 0 Å². The summed E-state index contributed by atoms with van der Waals surface area (Å²) in [7, 11) is -6.02. The predicted octanol–water partition coefficient (Wildman–Crippen LogP) is 7.37. The number of carbonyl (C=O) groups excluding carboxylic acids is 1. The average Bonchev–Trinajstić information content (AvgIpc) is 2.48. The van der Waals surface area contributed by atoms with Gasteiger partial charge < -0.3 is 8.95 Å². The molecule has 1 aromatic rings. The van der Waals surface area contributed by atoms with Crippen LogP contribution >= 0.6 is 7.82 Å². The predicted molar refractivity (Wildman–Crippen MR) is 129 cm³/mol. The fourth-order valence-corrected chi connectivity index (χ4v) is 4.81. The molecule has 0 fully saturated rings. The van der Waals surface area contributed by atoms with E-state index in [0.29, 0.717) is 5.75 Å². The summed E-state index contributed by atoms with van der Waals surface area (Å²) in [6, 6.07) is 6.82. The molecule has 0 saturated heterocycles. The lowest BCUT2D eigenvalue weighted by molar-refractivity contribution is -0.129. The number of phosphoric ester groups is 1. The van der Waals surface area contributed by atoms with Crippen LogP contribution in [-0.2, 0) is 22.8 Å². The molecule has 1 rings (SSSR count). The van der Waals surface area contributed by atoms with Crippen molar-refractivity contribution in [2.24, 2.45) is 0 Å². The van der Waals surface area contributed by atoms with Crippen molar-refractivity contribution in [3.05, 3.63) is 35.9 Å². The Morgan fingerprint density at radius 3 is 1.71 bits per heavy atom. The van der Waals surface area contributed by atoms with Gasteiger partial charge in [0.05, 0.1) is 11.2 Å². The molecule has 0 bridgehead atoms. The molecule has 31 heavy (non-hydrogen) atoms. The molecule has 0 saturated carbocycles. The van der Waals surface area contributed by atoms with Gasteiger partial charge in [0.25, 0.3) is 8.32 Å². The lowest BCUT2D eigenvalue weighted by Gasteiger charge is -2.34. The summed E-state index contributed by atoms with van der Waals surface area (Å²) in [6.45, 7) is 21.0. The first kappa shape index (κ1) is 27.6. The minimum Gasteiger partial charge on any atom is -0.516 e. The van der Waals surface area contributed by atoms with Gasteiger partial charge in [-0.2, -0.15) is 0 Å².